The van der Waals surface area contributed by atoms with Gasteiger partial charge in [0.05, 0.1) is 28.2 Å². The van der Waals surface area contributed by atoms with Gasteiger partial charge < -0.3 is 0 Å². The average molecular weight is 291 g/mol. The fourth-order valence-electron chi connectivity index (χ4n) is 1.40. The second-order valence-corrected chi connectivity index (χ2v) is 5.17. The predicted octanol–water partition coefficient (Wildman–Crippen LogP) is 3.93. The van der Waals surface area contributed by atoms with Crippen molar-refractivity contribution in [1.29, 1.82) is 0 Å². The lowest BCUT2D eigenvalue weighted by atomic mass is 10.2. The number of halogens is 3. The fourth-order valence-corrected chi connectivity index (χ4v) is 1.82. The average Bonchev–Trinajstić information content (AvgIpc) is 2.72. The van der Waals surface area contributed by atoms with Crippen LogP contribution in [0.25, 0.3) is 0 Å². The first kappa shape index (κ1) is 12.7. The summed E-state index contributed by atoms with van der Waals surface area (Å²) in [6, 6.07) is 5.48. The summed E-state index contributed by atoms with van der Waals surface area (Å²) in [5.41, 5.74) is 1.77. The molecule has 0 spiro atoms. The summed E-state index contributed by atoms with van der Waals surface area (Å²) in [4.78, 5) is 0. The highest BCUT2D eigenvalue weighted by molar-refractivity contribution is 6.42. The third kappa shape index (κ3) is 3.12. The van der Waals surface area contributed by atoms with E-state index in [1.165, 1.54) is 0 Å². The van der Waals surface area contributed by atoms with E-state index in [1.807, 2.05) is 25.3 Å². The second-order valence-electron chi connectivity index (χ2n) is 3.71. The first-order valence-corrected chi connectivity index (χ1v) is 6.23. The molecule has 1 aromatic carbocycles. The van der Waals surface area contributed by atoms with Crippen LogP contribution in [0.1, 0.15) is 23.6 Å². The van der Waals surface area contributed by atoms with E-state index in [0.717, 1.165) is 11.3 Å². The van der Waals surface area contributed by atoms with Gasteiger partial charge in [-0.15, -0.1) is 16.7 Å². The maximum absolute atomic E-state index is 5.94. The van der Waals surface area contributed by atoms with Crippen molar-refractivity contribution in [2.45, 2.75) is 18.8 Å². The molecule has 1 unspecified atom stereocenters. The van der Waals surface area contributed by atoms with Crippen LogP contribution in [0.2, 0.25) is 10.0 Å². The van der Waals surface area contributed by atoms with Gasteiger partial charge in [-0.3, -0.25) is 0 Å². The molecule has 0 aliphatic rings. The standard InChI is InChI=1S/C11H10Cl3N3/c1-7(12)11-6-17(16-15-11)5-8-2-3-9(13)10(14)4-8/h2-4,6-7H,5H2,1H3. The van der Waals surface area contributed by atoms with Gasteiger partial charge in [-0.25, -0.2) is 4.68 Å². The Balaban J connectivity index is 2.16. The number of benzene rings is 1. The van der Waals surface area contributed by atoms with E-state index in [4.69, 9.17) is 34.8 Å². The number of rotatable bonds is 3. The molecule has 0 saturated carbocycles. The van der Waals surface area contributed by atoms with Crippen molar-refractivity contribution in [2.24, 2.45) is 0 Å². The van der Waals surface area contributed by atoms with Crippen LogP contribution in [0.5, 0.6) is 0 Å². The summed E-state index contributed by atoms with van der Waals surface area (Å²) < 4.78 is 1.72. The molecule has 0 saturated heterocycles. The molecule has 0 bridgehead atoms. The first-order chi connectivity index (χ1) is 8.06. The van der Waals surface area contributed by atoms with Gasteiger partial charge in [-0.05, 0) is 24.6 Å². The largest absolute Gasteiger partial charge is 0.248 e. The molecular weight excluding hydrogens is 281 g/mol. The Bertz CT molecular complexity index is 522. The van der Waals surface area contributed by atoms with Crippen LogP contribution in [-0.2, 0) is 6.54 Å². The SMILES string of the molecule is CC(Cl)c1cn(Cc2ccc(Cl)c(Cl)c2)nn1. The van der Waals surface area contributed by atoms with E-state index in [0.29, 0.717) is 16.6 Å². The number of hydrogen-bond acceptors (Lipinski definition) is 2. The van der Waals surface area contributed by atoms with Crippen LogP contribution in [0, 0.1) is 0 Å². The second kappa shape index (κ2) is 5.25. The van der Waals surface area contributed by atoms with Crippen molar-refractivity contribution in [1.82, 2.24) is 15.0 Å². The van der Waals surface area contributed by atoms with Crippen LogP contribution < -0.4 is 0 Å². The lowest BCUT2D eigenvalue weighted by Crippen LogP contribution is -2.00. The van der Waals surface area contributed by atoms with E-state index in [9.17, 15) is 0 Å². The minimum Gasteiger partial charge on any atom is -0.248 e. The molecule has 17 heavy (non-hydrogen) atoms. The van der Waals surface area contributed by atoms with Gasteiger partial charge in [0.25, 0.3) is 0 Å². The first-order valence-electron chi connectivity index (χ1n) is 5.04. The quantitative estimate of drug-likeness (QED) is 0.802. The Morgan fingerprint density at radius 2 is 2.06 bits per heavy atom. The van der Waals surface area contributed by atoms with Crippen molar-refractivity contribution in [2.75, 3.05) is 0 Å². The normalized spacial score (nSPS) is 12.7. The highest BCUT2D eigenvalue weighted by Crippen LogP contribution is 2.23. The monoisotopic (exact) mass is 289 g/mol. The van der Waals surface area contributed by atoms with Crippen molar-refractivity contribution >= 4 is 34.8 Å². The molecule has 0 radical (unpaired) electrons. The molecule has 1 heterocycles. The highest BCUT2D eigenvalue weighted by atomic mass is 35.5. The minimum atomic E-state index is -0.141. The summed E-state index contributed by atoms with van der Waals surface area (Å²) in [6.45, 7) is 2.45. The summed E-state index contributed by atoms with van der Waals surface area (Å²) in [6.07, 6.45) is 1.82. The Kier molecular flexibility index (Phi) is 3.92. The third-order valence-corrected chi connectivity index (χ3v) is 3.26. The van der Waals surface area contributed by atoms with E-state index < -0.39 is 0 Å². The zero-order valence-corrected chi connectivity index (χ0v) is 11.3. The van der Waals surface area contributed by atoms with Gasteiger partial charge in [0.1, 0.15) is 5.69 Å². The lowest BCUT2D eigenvalue weighted by Gasteiger charge is -2.02. The summed E-state index contributed by atoms with van der Waals surface area (Å²) in [7, 11) is 0. The molecule has 0 N–H and O–H groups in total. The Morgan fingerprint density at radius 3 is 2.65 bits per heavy atom. The van der Waals surface area contributed by atoms with Crippen LogP contribution >= 0.6 is 34.8 Å². The molecule has 0 aliphatic carbocycles. The van der Waals surface area contributed by atoms with Gasteiger partial charge in [-0.2, -0.15) is 0 Å². The van der Waals surface area contributed by atoms with Crippen LogP contribution in [0.3, 0.4) is 0 Å². The molecule has 2 aromatic rings. The van der Waals surface area contributed by atoms with Gasteiger partial charge in [0, 0.05) is 0 Å². The molecule has 0 fully saturated rings. The van der Waals surface area contributed by atoms with E-state index in [-0.39, 0.29) is 5.38 Å². The zero-order valence-electron chi connectivity index (χ0n) is 9.07. The Hall–Kier alpha value is -0.770. The molecular formula is C11H10Cl3N3. The van der Waals surface area contributed by atoms with Crippen molar-refractivity contribution in [3.8, 4) is 0 Å². The van der Waals surface area contributed by atoms with E-state index in [1.54, 1.807) is 10.7 Å². The Labute approximate surface area is 114 Å². The van der Waals surface area contributed by atoms with Gasteiger partial charge in [-0.1, -0.05) is 34.5 Å². The summed E-state index contributed by atoms with van der Waals surface area (Å²) in [5.74, 6) is 0. The van der Waals surface area contributed by atoms with E-state index in [2.05, 4.69) is 10.3 Å². The number of hydrogen-bond donors (Lipinski definition) is 0. The highest BCUT2D eigenvalue weighted by Gasteiger charge is 2.07. The molecule has 2 rings (SSSR count). The predicted molar refractivity (Wildman–Crippen MR) is 69.9 cm³/mol. The molecule has 0 aliphatic heterocycles. The summed E-state index contributed by atoms with van der Waals surface area (Å²) >= 11 is 17.7. The smallest absolute Gasteiger partial charge is 0.100 e. The van der Waals surface area contributed by atoms with Gasteiger partial charge in [0.2, 0.25) is 0 Å². The van der Waals surface area contributed by atoms with Crippen molar-refractivity contribution in [3.63, 3.8) is 0 Å². The number of aromatic nitrogens is 3. The molecule has 1 atom stereocenters. The van der Waals surface area contributed by atoms with Crippen molar-refractivity contribution < 1.29 is 0 Å². The molecule has 3 nitrogen and oxygen atoms in total. The topological polar surface area (TPSA) is 30.7 Å². The lowest BCUT2D eigenvalue weighted by molar-refractivity contribution is 0.649. The van der Waals surface area contributed by atoms with Gasteiger partial charge >= 0.3 is 0 Å². The van der Waals surface area contributed by atoms with Crippen LogP contribution in [0.4, 0.5) is 0 Å². The van der Waals surface area contributed by atoms with Crippen molar-refractivity contribution in [3.05, 3.63) is 45.7 Å². The van der Waals surface area contributed by atoms with Gasteiger partial charge in [0.15, 0.2) is 0 Å². The third-order valence-electron chi connectivity index (χ3n) is 2.29. The fraction of sp³-hybridized carbons (Fsp3) is 0.273. The number of nitrogens with zero attached hydrogens (tertiary/aromatic N) is 3. The molecule has 6 heteroatoms. The molecule has 90 valence electrons. The zero-order chi connectivity index (χ0) is 12.4. The minimum absolute atomic E-state index is 0.141. The maximum atomic E-state index is 5.94. The summed E-state index contributed by atoms with van der Waals surface area (Å²) in [5, 5.41) is 8.91. The van der Waals surface area contributed by atoms with Crippen LogP contribution in [-0.4, -0.2) is 15.0 Å². The Morgan fingerprint density at radius 1 is 1.29 bits per heavy atom. The molecule has 0 amide bonds. The van der Waals surface area contributed by atoms with E-state index >= 15 is 0 Å². The number of alkyl halides is 1. The maximum Gasteiger partial charge on any atom is 0.100 e. The molecule has 1 aromatic heterocycles. The van der Waals surface area contributed by atoms with Crippen LogP contribution in [0.15, 0.2) is 24.4 Å².